The number of aromatic nitrogens is 4. The van der Waals surface area contributed by atoms with Crippen molar-refractivity contribution >= 4 is 39.5 Å². The van der Waals surface area contributed by atoms with Crippen molar-refractivity contribution in [2.45, 2.75) is 44.3 Å². The summed E-state index contributed by atoms with van der Waals surface area (Å²) in [6, 6.07) is 17.0. The molecule has 12 heteroatoms. The zero-order valence-corrected chi connectivity index (χ0v) is 30.0. The lowest BCUT2D eigenvalue weighted by Crippen LogP contribution is -2.61. The Morgan fingerprint density at radius 2 is 1.83 bits per heavy atom. The molecule has 7 heterocycles. The van der Waals surface area contributed by atoms with Crippen LogP contribution >= 0.6 is 0 Å². The zero-order chi connectivity index (χ0) is 37.4. The molecule has 4 saturated heterocycles. The molecule has 2 aromatic carbocycles. The Bertz CT molecular complexity index is 2260. The Labute approximate surface area is 311 Å². The second-order valence-corrected chi connectivity index (χ2v) is 14.6. The summed E-state index contributed by atoms with van der Waals surface area (Å²) >= 11 is 0. The van der Waals surface area contributed by atoms with E-state index in [1.54, 1.807) is 41.6 Å². The molecule has 2 atom stereocenters. The van der Waals surface area contributed by atoms with E-state index in [0.29, 0.717) is 79.6 Å². The molecule has 3 aromatic heterocycles. The normalized spacial score (nSPS) is 20.7. The third kappa shape index (κ3) is 6.73. The quantitative estimate of drug-likeness (QED) is 0.141. The zero-order valence-electron chi connectivity index (χ0n) is 30.0. The van der Waals surface area contributed by atoms with Gasteiger partial charge in [0, 0.05) is 79.2 Å². The van der Waals surface area contributed by atoms with Crippen LogP contribution in [0.1, 0.15) is 43.4 Å². The number of benzene rings is 2. The maximum atomic E-state index is 16.3. The standard InChI is InChI=1S/C35H28F2N6O2.C7H12FN/c1-3-22-8-6-9-23-10-7-12-25(28(22)23)30-29(37)31-26(19-39-30)32(41-34(40-31)45-2)43-20-35(21-43)13-16-42(17-14-35)33(44)27(36)18-24-11-4-5-15-38-24;8-6-4-7-2-1-3-9(7)5-6/h1,4-12,15,18-19H,13-14,16-17,20-21H2,2H3;6-7H,1-5H2/b27-18-;. The van der Waals surface area contributed by atoms with Crippen molar-refractivity contribution in [2.24, 2.45) is 5.41 Å². The van der Waals surface area contributed by atoms with E-state index in [9.17, 15) is 13.6 Å². The number of rotatable bonds is 5. The molecule has 0 saturated carbocycles. The molecule has 1 spiro atoms. The van der Waals surface area contributed by atoms with Crippen LogP contribution in [0.15, 0.2) is 72.8 Å². The van der Waals surface area contributed by atoms with Gasteiger partial charge in [-0.05, 0) is 62.2 Å². The average Bonchev–Trinajstić information content (AvgIpc) is 3.78. The van der Waals surface area contributed by atoms with Crippen LogP contribution in [0.3, 0.4) is 0 Å². The number of alkyl halides is 1. The van der Waals surface area contributed by atoms with E-state index in [1.165, 1.54) is 20.0 Å². The number of amides is 1. The Morgan fingerprint density at radius 3 is 2.56 bits per heavy atom. The third-order valence-electron chi connectivity index (χ3n) is 11.2. The number of carbonyl (C=O) groups excluding carboxylic acids is 1. The summed E-state index contributed by atoms with van der Waals surface area (Å²) in [7, 11) is 1.45. The number of likely N-dealkylation sites (tertiary alicyclic amines) is 1. The number of piperidine rings is 1. The monoisotopic (exact) mass is 731 g/mol. The van der Waals surface area contributed by atoms with Crippen molar-refractivity contribution in [1.82, 2.24) is 29.7 Å². The lowest BCUT2D eigenvalue weighted by atomic mass is 9.72. The smallest absolute Gasteiger partial charge is 0.318 e. The second kappa shape index (κ2) is 14.7. The van der Waals surface area contributed by atoms with Crippen LogP contribution in [-0.4, -0.2) is 94.2 Å². The van der Waals surface area contributed by atoms with Crippen molar-refractivity contribution in [3.05, 3.63) is 89.9 Å². The van der Waals surface area contributed by atoms with Gasteiger partial charge in [-0.3, -0.25) is 19.7 Å². The summed E-state index contributed by atoms with van der Waals surface area (Å²) in [5.41, 5.74) is 1.80. The van der Waals surface area contributed by atoms with Gasteiger partial charge in [0.1, 0.15) is 23.2 Å². The van der Waals surface area contributed by atoms with Crippen molar-refractivity contribution in [3.8, 4) is 29.6 Å². The van der Waals surface area contributed by atoms with Crippen molar-refractivity contribution < 1.29 is 22.7 Å². The Balaban J connectivity index is 0.000000399. The average molecular weight is 732 g/mol. The van der Waals surface area contributed by atoms with Crippen LogP contribution in [0.25, 0.3) is 39.0 Å². The number of terminal acetylenes is 1. The fourth-order valence-electron chi connectivity index (χ4n) is 8.44. The van der Waals surface area contributed by atoms with Crippen LogP contribution in [0.5, 0.6) is 6.01 Å². The number of methoxy groups -OCH3 is 1. The topological polar surface area (TPSA) is 87.6 Å². The summed E-state index contributed by atoms with van der Waals surface area (Å²) in [4.78, 5) is 36.2. The second-order valence-electron chi connectivity index (χ2n) is 14.6. The molecule has 9 rings (SSSR count). The van der Waals surface area contributed by atoms with Crippen molar-refractivity contribution in [3.63, 3.8) is 0 Å². The fourth-order valence-corrected chi connectivity index (χ4v) is 8.44. The molecule has 4 aliphatic rings. The van der Waals surface area contributed by atoms with Gasteiger partial charge in [0.05, 0.1) is 18.2 Å². The van der Waals surface area contributed by atoms with Gasteiger partial charge in [0.15, 0.2) is 11.6 Å². The number of fused-ring (bicyclic) bond motifs is 3. The molecule has 2 unspecified atom stereocenters. The number of halogens is 3. The largest absolute Gasteiger partial charge is 0.467 e. The van der Waals surface area contributed by atoms with Crippen LogP contribution < -0.4 is 9.64 Å². The lowest BCUT2D eigenvalue weighted by Gasteiger charge is -2.54. The minimum atomic E-state index is -0.827. The van der Waals surface area contributed by atoms with Crippen molar-refractivity contribution in [1.29, 1.82) is 0 Å². The highest BCUT2D eigenvalue weighted by Crippen LogP contribution is 2.45. The number of hydrogen-bond acceptors (Lipinski definition) is 8. The number of hydrogen-bond donors (Lipinski definition) is 0. The molecule has 4 fully saturated rings. The number of carbonyl (C=O) groups is 1. The highest BCUT2D eigenvalue weighted by Gasteiger charge is 2.47. The molecule has 5 aromatic rings. The highest BCUT2D eigenvalue weighted by atomic mass is 19.1. The maximum Gasteiger partial charge on any atom is 0.318 e. The van der Waals surface area contributed by atoms with Gasteiger partial charge in [-0.1, -0.05) is 42.3 Å². The molecule has 0 aliphatic carbocycles. The van der Waals surface area contributed by atoms with Crippen LogP contribution in [0.2, 0.25) is 0 Å². The summed E-state index contributed by atoms with van der Waals surface area (Å²) in [5.74, 6) is 1.19. The first kappa shape index (κ1) is 35.5. The summed E-state index contributed by atoms with van der Waals surface area (Å²) in [5, 5.41) is 2.10. The van der Waals surface area contributed by atoms with Gasteiger partial charge in [-0.15, -0.1) is 6.42 Å². The number of pyridine rings is 2. The molecule has 1 amide bonds. The number of anilines is 1. The molecule has 0 radical (unpaired) electrons. The van der Waals surface area contributed by atoms with Gasteiger partial charge in [0.25, 0.3) is 5.91 Å². The van der Waals surface area contributed by atoms with Gasteiger partial charge in [-0.2, -0.15) is 9.97 Å². The lowest BCUT2D eigenvalue weighted by molar-refractivity contribution is -0.131. The van der Waals surface area contributed by atoms with E-state index in [1.807, 2.05) is 30.3 Å². The maximum absolute atomic E-state index is 16.3. The van der Waals surface area contributed by atoms with Crippen LogP contribution in [0.4, 0.5) is 19.0 Å². The van der Waals surface area contributed by atoms with Gasteiger partial charge in [0.2, 0.25) is 0 Å². The highest BCUT2D eigenvalue weighted by molar-refractivity contribution is 6.02. The van der Waals surface area contributed by atoms with E-state index < -0.39 is 23.7 Å². The Morgan fingerprint density at radius 1 is 1.04 bits per heavy atom. The van der Waals surface area contributed by atoms with E-state index >= 15 is 4.39 Å². The minimum Gasteiger partial charge on any atom is -0.467 e. The van der Waals surface area contributed by atoms with E-state index in [4.69, 9.17) is 11.2 Å². The SMILES string of the molecule is C#Cc1cccc2cccc(-c3ncc4c(N5CC6(CCN(C(=O)/C(F)=C/c7ccccn7)CC6)C5)nc(OC)nc4c3F)c12.FC1CC2CCCN2C1. The van der Waals surface area contributed by atoms with Gasteiger partial charge < -0.3 is 14.5 Å². The Hall–Kier alpha value is -5.54. The van der Waals surface area contributed by atoms with E-state index in [-0.39, 0.29) is 22.6 Å². The summed E-state index contributed by atoms with van der Waals surface area (Å²) in [6.45, 7) is 4.03. The van der Waals surface area contributed by atoms with E-state index in [2.05, 4.69) is 35.7 Å². The summed E-state index contributed by atoms with van der Waals surface area (Å²) in [6.07, 6.45) is 14.3. The summed E-state index contributed by atoms with van der Waals surface area (Å²) < 4.78 is 49.0. The first-order valence-electron chi connectivity index (χ1n) is 18.4. The molecule has 0 N–H and O–H groups in total. The predicted octanol–water partition coefficient (Wildman–Crippen LogP) is 7.00. The number of ether oxygens (including phenoxy) is 1. The van der Waals surface area contributed by atoms with Gasteiger partial charge >= 0.3 is 6.01 Å². The van der Waals surface area contributed by atoms with Crippen molar-refractivity contribution in [2.75, 3.05) is 51.3 Å². The predicted molar refractivity (Wildman–Crippen MR) is 203 cm³/mol. The first-order chi connectivity index (χ1) is 26.3. The first-order valence-corrected chi connectivity index (χ1v) is 18.4. The van der Waals surface area contributed by atoms with Gasteiger partial charge in [-0.25, -0.2) is 13.2 Å². The van der Waals surface area contributed by atoms with Crippen LogP contribution in [-0.2, 0) is 4.79 Å². The fraction of sp³-hybridized carbons (Fsp3) is 0.357. The Kier molecular flexibility index (Phi) is 9.67. The number of nitrogens with zero attached hydrogens (tertiary/aromatic N) is 7. The molecular weight excluding hydrogens is 692 g/mol. The molecule has 9 nitrogen and oxygen atoms in total. The van der Waals surface area contributed by atoms with Crippen LogP contribution in [0, 0.1) is 23.6 Å². The van der Waals surface area contributed by atoms with E-state index in [0.717, 1.165) is 29.8 Å². The molecule has 4 aliphatic heterocycles. The minimum absolute atomic E-state index is 0.0484. The molecular formula is C42H40F3N7O2. The molecule has 54 heavy (non-hydrogen) atoms. The molecule has 0 bridgehead atoms. The third-order valence-corrected chi connectivity index (χ3v) is 11.2. The molecule has 276 valence electrons.